The number of amidine groups is 1. The Morgan fingerprint density at radius 1 is 0.846 bits per heavy atom. The van der Waals surface area contributed by atoms with Crippen molar-refractivity contribution >= 4 is 17.5 Å². The number of halogens is 2. The summed E-state index contributed by atoms with van der Waals surface area (Å²) in [6.07, 6.45) is 0. The molecule has 0 bridgehead atoms. The van der Waals surface area contributed by atoms with Crippen LogP contribution in [-0.2, 0) is 0 Å². The van der Waals surface area contributed by atoms with Crippen LogP contribution in [0.4, 0.5) is 14.5 Å². The normalized spacial score (nSPS) is 10.4. The van der Waals surface area contributed by atoms with Crippen LogP contribution in [0, 0.1) is 22.5 Å². The Hall–Kier alpha value is -5.59. The van der Waals surface area contributed by atoms with E-state index in [0.717, 1.165) is 0 Å². The first kappa shape index (κ1) is 26.5. The molecule has 0 atom stereocenters. The predicted octanol–water partition coefficient (Wildman–Crippen LogP) is 5.04. The van der Waals surface area contributed by atoms with Crippen molar-refractivity contribution in [3.8, 4) is 46.3 Å². The second-order valence-corrected chi connectivity index (χ2v) is 7.80. The summed E-state index contributed by atoms with van der Waals surface area (Å²) in [5.74, 6) is -6.35. The molecule has 0 unspecified atom stereocenters. The number of guanidine groups is 1. The van der Waals surface area contributed by atoms with Gasteiger partial charge >= 0.3 is 0 Å². The van der Waals surface area contributed by atoms with Crippen molar-refractivity contribution in [2.75, 3.05) is 12.4 Å². The lowest BCUT2D eigenvalue weighted by Crippen LogP contribution is -2.20. The Morgan fingerprint density at radius 2 is 1.54 bits per heavy atom. The number of nitrogens with zero attached hydrogens (tertiary/aromatic N) is 1. The number of nitrogens with one attached hydrogen (secondary N) is 3. The maximum Gasteiger partial charge on any atom is 0.263 e. The molecule has 200 valence electrons. The number of phenols is 1. The van der Waals surface area contributed by atoms with Crippen LogP contribution >= 0.6 is 0 Å². The van der Waals surface area contributed by atoms with Gasteiger partial charge in [0.25, 0.3) is 11.8 Å². The Bertz CT molecular complexity index is 1570. The highest BCUT2D eigenvalue weighted by molar-refractivity contribution is 5.95. The van der Waals surface area contributed by atoms with Crippen LogP contribution in [0.5, 0.6) is 46.3 Å². The van der Waals surface area contributed by atoms with Crippen LogP contribution in [0.3, 0.4) is 0 Å². The minimum atomic E-state index is -1.36. The minimum Gasteiger partial charge on any atom is -0.504 e. The second-order valence-electron chi connectivity index (χ2n) is 7.80. The summed E-state index contributed by atoms with van der Waals surface area (Å²) in [7, 11) is 1.36. The number of benzene rings is 3. The van der Waals surface area contributed by atoms with Crippen molar-refractivity contribution in [2.24, 2.45) is 11.5 Å². The summed E-state index contributed by atoms with van der Waals surface area (Å²) in [5, 5.41) is 27.8. The molecule has 0 spiro atoms. The highest BCUT2D eigenvalue weighted by Gasteiger charge is 2.27. The van der Waals surface area contributed by atoms with Crippen LogP contribution in [0.25, 0.3) is 0 Å². The summed E-state index contributed by atoms with van der Waals surface area (Å²) < 4.78 is 53.0. The third-order valence-corrected chi connectivity index (χ3v) is 5.06. The van der Waals surface area contributed by atoms with E-state index in [-0.39, 0.29) is 40.4 Å². The second kappa shape index (κ2) is 11.2. The standard InChI is InChI=1S/C26H22F2N6O5/c1-36-17-7-2-3-8-18(17)38-22-20(27)24(37-15-6-4-5-14(12-15)33-26(31)32)34-25(21(22)28)39-19-11-13(23(29)30)9-10-16(19)35/h2-12,35H,1H3,(H3,29,30)(H4,31,32,33). The number of nitrogens with two attached hydrogens (primary N) is 2. The fourth-order valence-electron chi connectivity index (χ4n) is 3.29. The van der Waals surface area contributed by atoms with Crippen molar-refractivity contribution in [3.05, 3.63) is 83.9 Å². The fraction of sp³-hybridized carbons (Fsp3) is 0.0385. The van der Waals surface area contributed by atoms with Crippen molar-refractivity contribution in [3.63, 3.8) is 0 Å². The van der Waals surface area contributed by atoms with Gasteiger partial charge in [0.1, 0.15) is 11.6 Å². The molecular weight excluding hydrogens is 514 g/mol. The number of hydrogen-bond donors (Lipinski definition) is 6. The number of para-hydroxylation sites is 2. The third kappa shape index (κ3) is 6.05. The van der Waals surface area contributed by atoms with E-state index in [9.17, 15) is 5.11 Å². The molecule has 13 heteroatoms. The van der Waals surface area contributed by atoms with Crippen LogP contribution in [0.15, 0.2) is 66.7 Å². The van der Waals surface area contributed by atoms with Gasteiger partial charge in [0.15, 0.2) is 29.0 Å². The highest BCUT2D eigenvalue weighted by Crippen LogP contribution is 2.42. The number of methoxy groups -OCH3 is 1. The molecule has 0 radical (unpaired) electrons. The van der Waals surface area contributed by atoms with Gasteiger partial charge in [-0.3, -0.25) is 10.8 Å². The molecule has 4 aromatic rings. The Balaban J connectivity index is 1.82. The topological polar surface area (TPSA) is 182 Å². The van der Waals surface area contributed by atoms with E-state index in [1.54, 1.807) is 18.2 Å². The van der Waals surface area contributed by atoms with Gasteiger partial charge in [-0.05, 0) is 42.5 Å². The molecule has 4 rings (SSSR count). The van der Waals surface area contributed by atoms with Gasteiger partial charge in [-0.15, -0.1) is 0 Å². The number of nitrogen functional groups attached to an aromatic ring is 1. The first-order chi connectivity index (χ1) is 18.7. The van der Waals surface area contributed by atoms with Crippen molar-refractivity contribution in [2.45, 2.75) is 0 Å². The zero-order chi connectivity index (χ0) is 28.1. The quantitative estimate of drug-likeness (QED) is 0.126. The molecule has 39 heavy (non-hydrogen) atoms. The van der Waals surface area contributed by atoms with E-state index in [0.29, 0.717) is 5.69 Å². The smallest absolute Gasteiger partial charge is 0.263 e. The Kier molecular flexibility index (Phi) is 7.61. The third-order valence-electron chi connectivity index (χ3n) is 5.06. The van der Waals surface area contributed by atoms with E-state index in [1.165, 1.54) is 55.6 Å². The summed E-state index contributed by atoms with van der Waals surface area (Å²) in [6, 6.07) is 15.9. The lowest BCUT2D eigenvalue weighted by atomic mass is 10.2. The van der Waals surface area contributed by atoms with E-state index >= 15 is 8.78 Å². The highest BCUT2D eigenvalue weighted by atomic mass is 19.1. The number of pyridine rings is 1. The van der Waals surface area contributed by atoms with E-state index in [2.05, 4.69) is 10.3 Å². The molecule has 0 saturated heterocycles. The summed E-state index contributed by atoms with van der Waals surface area (Å²) in [6.45, 7) is 0. The molecule has 0 aliphatic carbocycles. The molecular formula is C26H22F2N6O5. The number of hydrogen-bond acceptors (Lipinski definition) is 8. The van der Waals surface area contributed by atoms with Crippen molar-refractivity contribution in [1.82, 2.24) is 4.98 Å². The zero-order valence-corrected chi connectivity index (χ0v) is 20.3. The Morgan fingerprint density at radius 3 is 2.21 bits per heavy atom. The summed E-state index contributed by atoms with van der Waals surface area (Å²) in [5.41, 5.74) is 11.4. The van der Waals surface area contributed by atoms with Gasteiger partial charge in [-0.25, -0.2) is 0 Å². The fourth-order valence-corrected chi connectivity index (χ4v) is 3.29. The zero-order valence-electron chi connectivity index (χ0n) is 20.3. The van der Waals surface area contributed by atoms with Gasteiger partial charge in [0, 0.05) is 17.3 Å². The molecule has 1 heterocycles. The predicted molar refractivity (Wildman–Crippen MR) is 138 cm³/mol. The number of anilines is 1. The van der Waals surface area contributed by atoms with Gasteiger partial charge in [-0.2, -0.15) is 13.8 Å². The Labute approximate surface area is 220 Å². The van der Waals surface area contributed by atoms with Gasteiger partial charge < -0.3 is 40.8 Å². The number of ether oxygens (including phenoxy) is 4. The molecule has 11 nitrogen and oxygen atoms in total. The lowest BCUT2D eigenvalue weighted by molar-refractivity contribution is 0.322. The molecule has 3 aromatic carbocycles. The largest absolute Gasteiger partial charge is 0.504 e. The van der Waals surface area contributed by atoms with Gasteiger partial charge in [-0.1, -0.05) is 18.2 Å². The van der Waals surface area contributed by atoms with Gasteiger partial charge in [0.2, 0.25) is 17.4 Å². The molecule has 8 N–H and O–H groups in total. The van der Waals surface area contributed by atoms with Crippen molar-refractivity contribution in [1.29, 1.82) is 10.8 Å². The van der Waals surface area contributed by atoms with Crippen LogP contribution in [0.1, 0.15) is 5.56 Å². The lowest BCUT2D eigenvalue weighted by Gasteiger charge is -2.16. The SMILES string of the molecule is COc1ccccc1Oc1c(F)c(Oc2cccc(NC(=N)N)c2)nc(Oc2cc(C(=N)N)ccc2O)c1F. The maximum absolute atomic E-state index is 15.6. The van der Waals surface area contributed by atoms with E-state index < -0.39 is 34.9 Å². The monoisotopic (exact) mass is 536 g/mol. The maximum atomic E-state index is 15.6. The summed E-state index contributed by atoms with van der Waals surface area (Å²) in [4.78, 5) is 3.82. The van der Waals surface area contributed by atoms with Crippen LogP contribution in [-0.4, -0.2) is 29.0 Å². The number of rotatable bonds is 9. The van der Waals surface area contributed by atoms with Crippen LogP contribution < -0.4 is 35.7 Å². The number of phenolic OH excluding ortho intramolecular Hbond substituents is 1. The molecule has 1 aromatic heterocycles. The van der Waals surface area contributed by atoms with Crippen LogP contribution in [0.2, 0.25) is 0 Å². The van der Waals surface area contributed by atoms with E-state index in [1.807, 2.05) is 0 Å². The number of aromatic hydroxyl groups is 1. The van der Waals surface area contributed by atoms with Crippen molar-refractivity contribution < 1.29 is 32.8 Å². The van der Waals surface area contributed by atoms with E-state index in [4.69, 9.17) is 41.2 Å². The molecule has 0 amide bonds. The summed E-state index contributed by atoms with van der Waals surface area (Å²) >= 11 is 0. The molecule has 0 fully saturated rings. The number of aromatic nitrogens is 1. The molecule has 0 aliphatic rings. The average Bonchev–Trinajstić information content (AvgIpc) is 2.90. The first-order valence-corrected chi connectivity index (χ1v) is 11.1. The average molecular weight is 536 g/mol. The first-order valence-electron chi connectivity index (χ1n) is 11.1. The molecule has 0 saturated carbocycles. The van der Waals surface area contributed by atoms with Gasteiger partial charge in [0.05, 0.1) is 7.11 Å². The minimum absolute atomic E-state index is 0.0185. The molecule has 0 aliphatic heterocycles.